The second-order valence-electron chi connectivity index (χ2n) is 6.33. The first-order valence-electron chi connectivity index (χ1n) is 9.20. The van der Waals surface area contributed by atoms with Crippen molar-refractivity contribution in [3.8, 4) is 0 Å². The van der Waals surface area contributed by atoms with E-state index in [0.717, 1.165) is 25.7 Å². The molecule has 0 heterocycles. The first kappa shape index (κ1) is 22.9. The number of hydroxylamine groups is 1. The van der Waals surface area contributed by atoms with Crippen molar-refractivity contribution in [2.24, 2.45) is 0 Å². The summed E-state index contributed by atoms with van der Waals surface area (Å²) in [6.45, 7) is 5.58. The zero-order valence-corrected chi connectivity index (χ0v) is 17.7. The molecule has 0 fully saturated rings. The van der Waals surface area contributed by atoms with Crippen molar-refractivity contribution >= 4 is 30.1 Å². The van der Waals surface area contributed by atoms with Crippen molar-refractivity contribution in [2.75, 3.05) is 5.32 Å². The summed E-state index contributed by atoms with van der Waals surface area (Å²) in [5, 5.41) is 11.8. The molecule has 0 aliphatic rings. The number of carbonyl (C=O) groups is 1. The van der Waals surface area contributed by atoms with Gasteiger partial charge in [0.05, 0.1) is 0 Å². The monoisotopic (exact) mass is 430 g/mol. The standard InChI is InChI=1S/C18H31AsN2O5/c1-4-6-7-8-9-12-17(5-2)21-25-19(23,26-24)16-11-10-13-18(14-16)20-15(3)22/h10-11,13-14,17,21,24H,4-9,12H2,1-3H3,(H,20,22). The first-order chi connectivity index (χ1) is 12.4. The van der Waals surface area contributed by atoms with Gasteiger partial charge < -0.3 is 0 Å². The molecule has 2 atom stereocenters. The topological polar surface area (TPSA) is 96.9 Å². The van der Waals surface area contributed by atoms with Crippen molar-refractivity contribution in [1.82, 2.24) is 5.48 Å². The number of rotatable bonds is 13. The Morgan fingerprint density at radius 1 is 1.23 bits per heavy atom. The summed E-state index contributed by atoms with van der Waals surface area (Å²) in [6.07, 6.45) is 7.57. The molecule has 1 aromatic carbocycles. The molecule has 26 heavy (non-hydrogen) atoms. The Morgan fingerprint density at radius 3 is 2.58 bits per heavy atom. The van der Waals surface area contributed by atoms with Crippen LogP contribution in [-0.4, -0.2) is 31.4 Å². The number of hydrogen-bond acceptors (Lipinski definition) is 6. The van der Waals surface area contributed by atoms with Crippen molar-refractivity contribution < 1.29 is 21.5 Å². The van der Waals surface area contributed by atoms with Gasteiger partial charge in [0, 0.05) is 0 Å². The fourth-order valence-electron chi connectivity index (χ4n) is 2.56. The summed E-state index contributed by atoms with van der Waals surface area (Å²) < 4.78 is 22.7. The zero-order chi connectivity index (χ0) is 19.4. The van der Waals surface area contributed by atoms with Crippen LogP contribution in [0, 0.1) is 0 Å². The molecule has 0 aliphatic carbocycles. The van der Waals surface area contributed by atoms with Crippen LogP contribution < -0.4 is 15.1 Å². The predicted octanol–water partition coefficient (Wildman–Crippen LogP) is 3.37. The minimum atomic E-state index is -4.67. The Labute approximate surface area is 158 Å². The molecule has 2 unspecified atom stereocenters. The summed E-state index contributed by atoms with van der Waals surface area (Å²) in [5.41, 5.74) is 3.26. The van der Waals surface area contributed by atoms with E-state index >= 15 is 0 Å². The van der Waals surface area contributed by atoms with Gasteiger partial charge in [0.2, 0.25) is 0 Å². The number of amides is 1. The summed E-state index contributed by atoms with van der Waals surface area (Å²) in [7, 11) is 0. The van der Waals surface area contributed by atoms with Crippen molar-refractivity contribution in [2.45, 2.75) is 71.8 Å². The third-order valence-corrected chi connectivity index (χ3v) is 7.17. The van der Waals surface area contributed by atoms with Gasteiger partial charge in [-0.15, -0.1) is 0 Å². The number of carbonyl (C=O) groups excluding carboxylic acids is 1. The molecule has 0 aliphatic heterocycles. The molecule has 0 radical (unpaired) electrons. The van der Waals surface area contributed by atoms with Gasteiger partial charge in [-0.3, -0.25) is 0 Å². The molecule has 1 rings (SSSR count). The maximum absolute atomic E-state index is 12.8. The van der Waals surface area contributed by atoms with Crippen molar-refractivity contribution in [3.63, 3.8) is 0 Å². The molecule has 0 saturated heterocycles. The molecule has 1 amide bonds. The van der Waals surface area contributed by atoms with Crippen molar-refractivity contribution in [1.29, 1.82) is 0 Å². The molecule has 7 nitrogen and oxygen atoms in total. The molecule has 0 spiro atoms. The van der Waals surface area contributed by atoms with Gasteiger partial charge in [0.15, 0.2) is 0 Å². The third-order valence-electron chi connectivity index (χ3n) is 4.08. The van der Waals surface area contributed by atoms with Gasteiger partial charge in [-0.1, -0.05) is 0 Å². The van der Waals surface area contributed by atoms with Gasteiger partial charge in [-0.25, -0.2) is 0 Å². The van der Waals surface area contributed by atoms with Gasteiger partial charge in [0.1, 0.15) is 0 Å². The van der Waals surface area contributed by atoms with E-state index in [1.807, 2.05) is 6.92 Å². The van der Waals surface area contributed by atoms with Crippen LogP contribution in [0.5, 0.6) is 0 Å². The van der Waals surface area contributed by atoms with E-state index in [1.165, 1.54) is 38.3 Å². The average Bonchev–Trinajstić information content (AvgIpc) is 2.63. The summed E-state index contributed by atoms with van der Waals surface area (Å²) >= 11 is -4.67. The molecular formula is C18H31AsN2O5. The molecule has 1 aromatic rings. The minimum absolute atomic E-state index is 0.0278. The van der Waals surface area contributed by atoms with Crippen LogP contribution in [0.4, 0.5) is 5.69 Å². The number of anilines is 1. The quantitative estimate of drug-likeness (QED) is 0.192. The van der Waals surface area contributed by atoms with E-state index in [-0.39, 0.29) is 16.3 Å². The van der Waals surface area contributed by atoms with Crippen molar-refractivity contribution in [3.05, 3.63) is 24.3 Å². The fraction of sp³-hybridized carbons (Fsp3) is 0.611. The van der Waals surface area contributed by atoms with Crippen LogP contribution in [0.3, 0.4) is 0 Å². The van der Waals surface area contributed by atoms with Crippen LogP contribution >= 0.6 is 0 Å². The third kappa shape index (κ3) is 8.06. The molecular weight excluding hydrogens is 399 g/mol. The van der Waals surface area contributed by atoms with Crippen LogP contribution in [0.2, 0.25) is 0 Å². The normalized spacial score (nSPS) is 14.6. The van der Waals surface area contributed by atoms with Crippen LogP contribution in [0.25, 0.3) is 0 Å². The van der Waals surface area contributed by atoms with Crippen LogP contribution in [0.1, 0.15) is 65.7 Å². The Balaban J connectivity index is 2.65. The molecule has 0 bridgehead atoms. The second-order valence-corrected chi connectivity index (χ2v) is 10.2. The van der Waals surface area contributed by atoms with E-state index in [9.17, 15) is 13.8 Å². The average molecular weight is 430 g/mol. The van der Waals surface area contributed by atoms with Crippen LogP contribution in [-0.2, 0) is 16.2 Å². The van der Waals surface area contributed by atoms with E-state index in [2.05, 4.69) is 21.6 Å². The molecule has 148 valence electrons. The molecule has 0 aromatic heterocycles. The Bertz CT molecular complexity index is 597. The summed E-state index contributed by atoms with van der Waals surface area (Å²) in [5.74, 6) is -0.248. The number of benzene rings is 1. The summed E-state index contributed by atoms with van der Waals surface area (Å²) in [6, 6.07) is 6.31. The predicted molar refractivity (Wildman–Crippen MR) is 102 cm³/mol. The van der Waals surface area contributed by atoms with Gasteiger partial charge in [-0.2, -0.15) is 0 Å². The van der Waals surface area contributed by atoms with E-state index < -0.39 is 14.2 Å². The first-order valence-corrected chi connectivity index (χ1v) is 12.4. The Morgan fingerprint density at radius 2 is 1.96 bits per heavy atom. The van der Waals surface area contributed by atoms with Gasteiger partial charge in [0.25, 0.3) is 0 Å². The molecule has 3 N–H and O–H groups in total. The molecule has 0 saturated carbocycles. The Hall–Kier alpha value is -1.11. The van der Waals surface area contributed by atoms with Crippen LogP contribution in [0.15, 0.2) is 24.3 Å². The van der Waals surface area contributed by atoms with E-state index in [0.29, 0.717) is 5.69 Å². The zero-order valence-electron chi connectivity index (χ0n) is 15.9. The SMILES string of the molecule is CCCCCCCC(CC)NO[As](=O)(OO)c1cccc(NC(C)=O)c1. The number of hydrogen-bond donors (Lipinski definition) is 3. The fourth-order valence-corrected chi connectivity index (χ4v) is 4.84. The second kappa shape index (κ2) is 12.3. The van der Waals surface area contributed by atoms with Gasteiger partial charge in [-0.05, 0) is 0 Å². The maximum atomic E-state index is 12.8. The molecule has 8 heteroatoms. The Kier molecular flexibility index (Phi) is 10.9. The number of unbranched alkanes of at least 4 members (excludes halogenated alkanes) is 4. The van der Waals surface area contributed by atoms with E-state index in [1.54, 1.807) is 12.1 Å². The van der Waals surface area contributed by atoms with Gasteiger partial charge >= 0.3 is 158 Å². The van der Waals surface area contributed by atoms with E-state index in [4.69, 9.17) is 3.83 Å². The number of nitrogens with one attached hydrogen (secondary N) is 2. The summed E-state index contributed by atoms with van der Waals surface area (Å²) in [4.78, 5) is 11.2.